The van der Waals surface area contributed by atoms with Gasteiger partial charge < -0.3 is 10.2 Å². The van der Waals surface area contributed by atoms with Crippen molar-refractivity contribution in [3.63, 3.8) is 0 Å². The van der Waals surface area contributed by atoms with E-state index < -0.39 is 0 Å². The van der Waals surface area contributed by atoms with Gasteiger partial charge >= 0.3 is 0 Å². The lowest BCUT2D eigenvalue weighted by molar-refractivity contribution is 0.249. The number of hydrogen-bond donors (Lipinski definition) is 1. The molecule has 34 heavy (non-hydrogen) atoms. The maximum atomic E-state index is 6.37. The van der Waals surface area contributed by atoms with Crippen LogP contribution in [0.5, 0.6) is 0 Å². The lowest BCUT2D eigenvalue weighted by Gasteiger charge is -2.36. The number of halogens is 2. The molecule has 0 atom stereocenters. The first-order chi connectivity index (χ1) is 16.5. The van der Waals surface area contributed by atoms with Crippen molar-refractivity contribution < 1.29 is 0 Å². The number of aryl methyl sites for hydroxylation is 2. The van der Waals surface area contributed by atoms with Crippen molar-refractivity contribution in [1.29, 1.82) is 0 Å². The van der Waals surface area contributed by atoms with Gasteiger partial charge in [0, 0.05) is 42.8 Å². The largest absolute Gasteiger partial charge is 0.351 e. The fourth-order valence-corrected chi connectivity index (χ4v) is 4.31. The highest BCUT2D eigenvalue weighted by molar-refractivity contribution is 6.33. The quantitative estimate of drug-likeness (QED) is 0.423. The summed E-state index contributed by atoms with van der Waals surface area (Å²) < 4.78 is 0. The van der Waals surface area contributed by atoms with Crippen LogP contribution in [0.2, 0.25) is 10.0 Å². The molecule has 2 aromatic heterocycles. The van der Waals surface area contributed by atoms with E-state index in [9.17, 15) is 0 Å². The molecule has 1 aliphatic heterocycles. The summed E-state index contributed by atoms with van der Waals surface area (Å²) >= 11 is 12.5. The summed E-state index contributed by atoms with van der Waals surface area (Å²) in [5.41, 5.74) is 4.30. The van der Waals surface area contributed by atoms with Crippen LogP contribution < -0.4 is 10.2 Å². The Kier molecular flexibility index (Phi) is 6.45. The van der Waals surface area contributed by atoms with Gasteiger partial charge in [0.2, 0.25) is 5.95 Å². The Morgan fingerprint density at radius 1 is 0.853 bits per heavy atom. The van der Waals surface area contributed by atoms with Crippen molar-refractivity contribution in [2.45, 2.75) is 20.4 Å². The van der Waals surface area contributed by atoms with Gasteiger partial charge in [0.15, 0.2) is 11.6 Å². The van der Waals surface area contributed by atoms with Crippen LogP contribution >= 0.6 is 23.2 Å². The van der Waals surface area contributed by atoms with Crippen molar-refractivity contribution in [3.05, 3.63) is 69.5 Å². The Bertz CT molecular complexity index is 1340. The highest BCUT2D eigenvalue weighted by Gasteiger charge is 2.23. The molecule has 5 rings (SSSR count). The summed E-state index contributed by atoms with van der Waals surface area (Å²) in [5.74, 6) is 1.80. The predicted molar refractivity (Wildman–Crippen MR) is 136 cm³/mol. The highest BCUT2D eigenvalue weighted by Crippen LogP contribution is 2.29. The zero-order valence-electron chi connectivity index (χ0n) is 19.0. The number of benzene rings is 2. The fourth-order valence-electron chi connectivity index (χ4n) is 3.93. The SMILES string of the molecule is Cc1nnc(Nc2nc3ccccc3nc2N2CCN(Cc3cc(Cl)ccc3Cl)CC2)nc1C. The van der Waals surface area contributed by atoms with Gasteiger partial charge in [-0.25, -0.2) is 15.0 Å². The number of anilines is 3. The van der Waals surface area contributed by atoms with E-state index in [0.29, 0.717) is 16.8 Å². The number of nitrogens with one attached hydrogen (secondary N) is 1. The Morgan fingerprint density at radius 2 is 1.59 bits per heavy atom. The van der Waals surface area contributed by atoms with Crippen molar-refractivity contribution in [2.75, 3.05) is 36.4 Å². The molecule has 1 saturated heterocycles. The average molecular weight is 495 g/mol. The number of piperazine rings is 1. The van der Waals surface area contributed by atoms with Crippen LogP contribution in [0.25, 0.3) is 11.0 Å². The molecule has 0 bridgehead atoms. The molecule has 0 amide bonds. The Hall–Kier alpha value is -3.07. The highest BCUT2D eigenvalue weighted by atomic mass is 35.5. The summed E-state index contributed by atoms with van der Waals surface area (Å²) in [5, 5.41) is 13.0. The minimum Gasteiger partial charge on any atom is -0.351 e. The second-order valence-corrected chi connectivity index (χ2v) is 9.16. The van der Waals surface area contributed by atoms with Gasteiger partial charge in [-0.15, -0.1) is 5.10 Å². The minimum absolute atomic E-state index is 0.406. The second kappa shape index (κ2) is 9.66. The summed E-state index contributed by atoms with van der Waals surface area (Å²) in [4.78, 5) is 18.9. The maximum absolute atomic E-state index is 6.37. The van der Waals surface area contributed by atoms with Crippen LogP contribution in [-0.2, 0) is 6.54 Å². The monoisotopic (exact) mass is 494 g/mol. The van der Waals surface area contributed by atoms with Crippen molar-refractivity contribution in [1.82, 2.24) is 30.0 Å². The molecule has 1 N–H and O–H groups in total. The van der Waals surface area contributed by atoms with Gasteiger partial charge in [0.1, 0.15) is 0 Å². The van der Waals surface area contributed by atoms with E-state index in [0.717, 1.165) is 71.5 Å². The molecule has 0 spiro atoms. The van der Waals surface area contributed by atoms with E-state index in [1.165, 1.54) is 0 Å². The van der Waals surface area contributed by atoms with E-state index in [-0.39, 0.29) is 0 Å². The van der Waals surface area contributed by atoms with Crippen LogP contribution in [0, 0.1) is 13.8 Å². The Morgan fingerprint density at radius 3 is 2.32 bits per heavy atom. The molecule has 174 valence electrons. The Labute approximate surface area is 208 Å². The summed E-state index contributed by atoms with van der Waals surface area (Å²) in [6, 6.07) is 13.4. The van der Waals surface area contributed by atoms with Crippen molar-refractivity contribution in [3.8, 4) is 0 Å². The topological polar surface area (TPSA) is 83.0 Å². The first-order valence-electron chi connectivity index (χ1n) is 11.1. The molecular formula is C24H24Cl2N8. The number of fused-ring (bicyclic) bond motifs is 1. The number of hydrogen-bond acceptors (Lipinski definition) is 8. The van der Waals surface area contributed by atoms with E-state index in [4.69, 9.17) is 33.2 Å². The van der Waals surface area contributed by atoms with Crippen LogP contribution in [0.1, 0.15) is 17.0 Å². The number of nitrogens with zero attached hydrogens (tertiary/aromatic N) is 7. The molecule has 2 aromatic carbocycles. The number of rotatable bonds is 5. The molecule has 1 fully saturated rings. The number of para-hydroxylation sites is 2. The third-order valence-corrected chi connectivity index (χ3v) is 6.55. The first kappa shape index (κ1) is 22.7. The zero-order valence-corrected chi connectivity index (χ0v) is 20.5. The van der Waals surface area contributed by atoms with Crippen LogP contribution in [0.4, 0.5) is 17.6 Å². The van der Waals surface area contributed by atoms with Crippen LogP contribution in [0.3, 0.4) is 0 Å². The standard InChI is InChI=1S/C24H24Cl2N8/c1-15-16(2)31-32-24(27-15)30-22-23(29-21-6-4-3-5-20(21)28-22)34-11-9-33(10-12-34)14-17-13-18(25)7-8-19(17)26/h3-8,13H,9-12,14H2,1-2H3,(H,27,28,30,32). The van der Waals surface area contributed by atoms with E-state index in [1.807, 2.05) is 56.3 Å². The van der Waals surface area contributed by atoms with Gasteiger partial charge in [-0.1, -0.05) is 35.3 Å². The molecule has 4 aromatic rings. The minimum atomic E-state index is 0.406. The molecule has 0 saturated carbocycles. The predicted octanol–water partition coefficient (Wildman–Crippen LogP) is 4.80. The van der Waals surface area contributed by atoms with Gasteiger partial charge in [-0.2, -0.15) is 5.10 Å². The van der Waals surface area contributed by atoms with Gasteiger partial charge in [-0.3, -0.25) is 4.90 Å². The first-order valence-corrected chi connectivity index (χ1v) is 11.8. The third kappa shape index (κ3) is 4.89. The molecule has 3 heterocycles. The Balaban J connectivity index is 1.38. The molecule has 8 nitrogen and oxygen atoms in total. The lowest BCUT2D eigenvalue weighted by Crippen LogP contribution is -2.46. The van der Waals surface area contributed by atoms with Crippen molar-refractivity contribution >= 4 is 51.8 Å². The lowest BCUT2D eigenvalue weighted by atomic mass is 10.2. The van der Waals surface area contributed by atoms with E-state index in [2.05, 4.69) is 30.3 Å². The fraction of sp³-hybridized carbons (Fsp3) is 0.292. The van der Waals surface area contributed by atoms with E-state index in [1.54, 1.807) is 0 Å². The average Bonchev–Trinajstić information content (AvgIpc) is 2.84. The number of aromatic nitrogens is 5. The normalized spacial score (nSPS) is 14.5. The molecule has 0 radical (unpaired) electrons. The smallest absolute Gasteiger partial charge is 0.248 e. The zero-order chi connectivity index (χ0) is 23.7. The van der Waals surface area contributed by atoms with Gasteiger partial charge in [-0.05, 0) is 49.7 Å². The van der Waals surface area contributed by atoms with Gasteiger partial charge in [0.25, 0.3) is 0 Å². The molecule has 1 aliphatic rings. The second-order valence-electron chi connectivity index (χ2n) is 8.31. The van der Waals surface area contributed by atoms with Crippen LogP contribution in [0.15, 0.2) is 42.5 Å². The van der Waals surface area contributed by atoms with Gasteiger partial charge in [0.05, 0.1) is 22.4 Å². The van der Waals surface area contributed by atoms with Crippen molar-refractivity contribution in [2.24, 2.45) is 0 Å². The molecular weight excluding hydrogens is 471 g/mol. The third-order valence-electron chi connectivity index (χ3n) is 5.95. The molecule has 10 heteroatoms. The summed E-state index contributed by atoms with van der Waals surface area (Å²) in [7, 11) is 0. The molecule has 0 aliphatic carbocycles. The summed E-state index contributed by atoms with van der Waals surface area (Å²) in [6.07, 6.45) is 0. The molecule has 0 unspecified atom stereocenters. The van der Waals surface area contributed by atoms with E-state index >= 15 is 0 Å². The van der Waals surface area contributed by atoms with Crippen LogP contribution in [-0.4, -0.2) is 56.2 Å². The maximum Gasteiger partial charge on any atom is 0.248 e. The summed E-state index contributed by atoms with van der Waals surface area (Å²) in [6.45, 7) is 7.86.